The molecule has 0 aliphatic carbocycles. The second-order valence-corrected chi connectivity index (χ2v) is 3.22. The minimum absolute atomic E-state index is 0.181. The number of hydrogen-bond acceptors (Lipinski definition) is 2. The van der Waals surface area contributed by atoms with Gasteiger partial charge in [-0.25, -0.2) is 0 Å². The number of anilines is 1. The van der Waals surface area contributed by atoms with E-state index in [4.69, 9.17) is 5.73 Å². The molecule has 2 nitrogen and oxygen atoms in total. The Hall–Kier alpha value is -1.31. The van der Waals surface area contributed by atoms with E-state index in [1.54, 1.807) is 6.92 Å². The van der Waals surface area contributed by atoms with Gasteiger partial charge < -0.3 is 5.73 Å². The largest absolute Gasteiger partial charge is 0.398 e. The third kappa shape index (κ3) is 2.31. The van der Waals surface area contributed by atoms with E-state index >= 15 is 0 Å². The van der Waals surface area contributed by atoms with Crippen LogP contribution in [0.2, 0.25) is 0 Å². The molecule has 0 bridgehead atoms. The smallest absolute Gasteiger partial charge is 0.134 e. The summed E-state index contributed by atoms with van der Waals surface area (Å²) in [4.78, 5) is 11.0. The molecule has 2 N–H and O–H groups in total. The lowest BCUT2D eigenvalue weighted by Gasteiger charge is -2.08. The van der Waals surface area contributed by atoms with Gasteiger partial charge in [0.05, 0.1) is 0 Å². The fourth-order valence-corrected chi connectivity index (χ4v) is 1.52. The summed E-state index contributed by atoms with van der Waals surface area (Å²) in [6.45, 7) is 3.65. The van der Waals surface area contributed by atoms with E-state index in [1.807, 2.05) is 18.2 Å². The molecule has 13 heavy (non-hydrogen) atoms. The molecule has 0 unspecified atom stereocenters. The quantitative estimate of drug-likeness (QED) is 0.717. The fraction of sp³-hybridized carbons (Fsp3) is 0.364. The Bertz CT molecular complexity index is 318. The van der Waals surface area contributed by atoms with Crippen molar-refractivity contribution in [3.05, 3.63) is 29.3 Å². The highest BCUT2D eigenvalue weighted by Crippen LogP contribution is 2.18. The van der Waals surface area contributed by atoms with Crippen LogP contribution in [-0.2, 0) is 17.6 Å². The second-order valence-electron chi connectivity index (χ2n) is 3.22. The van der Waals surface area contributed by atoms with Crippen LogP contribution in [0.4, 0.5) is 5.69 Å². The molecule has 0 saturated heterocycles. The molecule has 0 spiro atoms. The van der Waals surface area contributed by atoms with Crippen LogP contribution in [0.5, 0.6) is 0 Å². The number of benzene rings is 1. The van der Waals surface area contributed by atoms with Crippen LogP contribution in [-0.4, -0.2) is 5.78 Å². The van der Waals surface area contributed by atoms with Gasteiger partial charge >= 0.3 is 0 Å². The van der Waals surface area contributed by atoms with Gasteiger partial charge in [-0.3, -0.25) is 4.79 Å². The maximum absolute atomic E-state index is 11.0. The number of carbonyl (C=O) groups is 1. The fourth-order valence-electron chi connectivity index (χ4n) is 1.52. The highest BCUT2D eigenvalue weighted by atomic mass is 16.1. The number of carbonyl (C=O) groups excluding carboxylic acids is 1. The molecule has 0 fully saturated rings. The number of nitrogen functional groups attached to an aromatic ring is 1. The van der Waals surface area contributed by atoms with Crippen molar-refractivity contribution < 1.29 is 4.79 Å². The Morgan fingerprint density at radius 2 is 2.15 bits per heavy atom. The molecule has 1 aromatic rings. The van der Waals surface area contributed by atoms with Gasteiger partial charge in [-0.15, -0.1) is 0 Å². The van der Waals surface area contributed by atoms with Gasteiger partial charge in [-0.05, 0) is 30.5 Å². The van der Waals surface area contributed by atoms with E-state index in [-0.39, 0.29) is 5.78 Å². The zero-order valence-electron chi connectivity index (χ0n) is 8.13. The highest BCUT2D eigenvalue weighted by molar-refractivity contribution is 5.79. The molecule has 0 radical (unpaired) electrons. The third-order valence-corrected chi connectivity index (χ3v) is 2.10. The van der Waals surface area contributed by atoms with Crippen molar-refractivity contribution in [1.82, 2.24) is 0 Å². The molecule has 0 aliphatic heterocycles. The van der Waals surface area contributed by atoms with E-state index < -0.39 is 0 Å². The van der Waals surface area contributed by atoms with Crippen molar-refractivity contribution in [2.45, 2.75) is 26.7 Å². The molecule has 1 aromatic carbocycles. The molecule has 0 saturated carbocycles. The summed E-state index contributed by atoms with van der Waals surface area (Å²) in [5.74, 6) is 0.181. The van der Waals surface area contributed by atoms with Crippen LogP contribution in [0.1, 0.15) is 25.0 Å². The van der Waals surface area contributed by atoms with Crippen molar-refractivity contribution in [2.75, 3.05) is 5.73 Å². The van der Waals surface area contributed by atoms with Gasteiger partial charge in [0, 0.05) is 12.1 Å². The normalized spacial score (nSPS) is 10.0. The minimum atomic E-state index is 0.181. The van der Waals surface area contributed by atoms with E-state index in [1.165, 1.54) is 0 Å². The molecular formula is C11H15NO. The SMILES string of the molecule is CCc1c(N)cccc1CC(C)=O. The van der Waals surface area contributed by atoms with E-state index in [0.29, 0.717) is 6.42 Å². The zero-order valence-corrected chi connectivity index (χ0v) is 8.13. The number of hydrogen-bond donors (Lipinski definition) is 1. The first-order valence-corrected chi connectivity index (χ1v) is 4.50. The van der Waals surface area contributed by atoms with Crippen LogP contribution in [0.15, 0.2) is 18.2 Å². The molecule has 2 heteroatoms. The van der Waals surface area contributed by atoms with Crippen molar-refractivity contribution in [3.8, 4) is 0 Å². The summed E-state index contributed by atoms with van der Waals surface area (Å²) < 4.78 is 0. The molecule has 0 amide bonds. The summed E-state index contributed by atoms with van der Waals surface area (Å²) in [7, 11) is 0. The Kier molecular flexibility index (Phi) is 3.07. The average molecular weight is 177 g/mol. The lowest BCUT2D eigenvalue weighted by atomic mass is 9.99. The van der Waals surface area contributed by atoms with Crippen LogP contribution in [0, 0.1) is 0 Å². The van der Waals surface area contributed by atoms with Crippen LogP contribution >= 0.6 is 0 Å². The number of ketones is 1. The van der Waals surface area contributed by atoms with E-state index in [2.05, 4.69) is 6.92 Å². The monoisotopic (exact) mass is 177 g/mol. The lowest BCUT2D eigenvalue weighted by Crippen LogP contribution is -2.03. The second kappa shape index (κ2) is 4.08. The van der Waals surface area contributed by atoms with Gasteiger partial charge in [-0.2, -0.15) is 0 Å². The molecule has 0 aliphatic rings. The summed E-state index contributed by atoms with van der Waals surface area (Å²) >= 11 is 0. The van der Waals surface area contributed by atoms with E-state index in [9.17, 15) is 4.79 Å². The third-order valence-electron chi connectivity index (χ3n) is 2.10. The molecule has 70 valence electrons. The van der Waals surface area contributed by atoms with Crippen molar-refractivity contribution >= 4 is 11.5 Å². The van der Waals surface area contributed by atoms with Crippen molar-refractivity contribution in [1.29, 1.82) is 0 Å². The maximum atomic E-state index is 11.0. The minimum Gasteiger partial charge on any atom is -0.398 e. The van der Waals surface area contributed by atoms with Gasteiger partial charge in [-0.1, -0.05) is 19.1 Å². The predicted molar refractivity (Wildman–Crippen MR) is 54.6 cm³/mol. The maximum Gasteiger partial charge on any atom is 0.134 e. The Morgan fingerprint density at radius 3 is 2.69 bits per heavy atom. The van der Waals surface area contributed by atoms with Gasteiger partial charge in [0.1, 0.15) is 5.78 Å². The van der Waals surface area contributed by atoms with E-state index in [0.717, 1.165) is 23.2 Å². The lowest BCUT2D eigenvalue weighted by molar-refractivity contribution is -0.116. The Balaban J connectivity index is 3.05. The number of rotatable bonds is 3. The van der Waals surface area contributed by atoms with Gasteiger partial charge in [0.25, 0.3) is 0 Å². The van der Waals surface area contributed by atoms with Crippen LogP contribution in [0.25, 0.3) is 0 Å². The highest BCUT2D eigenvalue weighted by Gasteiger charge is 2.05. The van der Waals surface area contributed by atoms with Crippen molar-refractivity contribution in [2.24, 2.45) is 0 Å². The summed E-state index contributed by atoms with van der Waals surface area (Å²) in [5.41, 5.74) is 8.76. The molecule has 0 heterocycles. The number of Topliss-reactive ketones (excluding diaryl/α,β-unsaturated/α-hetero) is 1. The van der Waals surface area contributed by atoms with Gasteiger partial charge in [0.2, 0.25) is 0 Å². The molecule has 0 atom stereocenters. The Labute approximate surface area is 78.8 Å². The number of nitrogens with two attached hydrogens (primary N) is 1. The molecular weight excluding hydrogens is 162 g/mol. The predicted octanol–water partition coefficient (Wildman–Crippen LogP) is 1.96. The first-order chi connectivity index (χ1) is 6.15. The van der Waals surface area contributed by atoms with Gasteiger partial charge in [0.15, 0.2) is 0 Å². The first-order valence-electron chi connectivity index (χ1n) is 4.50. The first kappa shape index (κ1) is 9.78. The van der Waals surface area contributed by atoms with Crippen molar-refractivity contribution in [3.63, 3.8) is 0 Å². The summed E-state index contributed by atoms with van der Waals surface area (Å²) in [5, 5.41) is 0. The zero-order chi connectivity index (χ0) is 9.84. The Morgan fingerprint density at radius 1 is 1.46 bits per heavy atom. The molecule has 0 aromatic heterocycles. The standard InChI is InChI=1S/C11H15NO/c1-3-10-9(7-8(2)13)5-4-6-11(10)12/h4-6H,3,7,12H2,1-2H3. The van der Waals surface area contributed by atoms with Crippen LogP contribution < -0.4 is 5.73 Å². The van der Waals surface area contributed by atoms with Crippen LogP contribution in [0.3, 0.4) is 0 Å². The topological polar surface area (TPSA) is 43.1 Å². The summed E-state index contributed by atoms with van der Waals surface area (Å²) in [6, 6.07) is 5.74. The molecule has 1 rings (SSSR count). The average Bonchev–Trinajstić information content (AvgIpc) is 2.03. The summed E-state index contributed by atoms with van der Waals surface area (Å²) in [6.07, 6.45) is 1.38.